The zero-order valence-electron chi connectivity index (χ0n) is 21.3. The fraction of sp³-hybridized carbons (Fsp3) is 0.733. The first-order valence-electron chi connectivity index (χ1n) is 12.8. The molecule has 0 aromatic carbocycles. The first-order chi connectivity index (χ1) is 14.4. The van der Waals surface area contributed by atoms with Gasteiger partial charge in [-0.05, 0) is 89.7 Å². The Morgan fingerprint density at radius 1 is 1.16 bits per heavy atom. The normalized spacial score (nSPS) is 38.0. The fourth-order valence-electron chi connectivity index (χ4n) is 7.09. The highest BCUT2D eigenvalue weighted by atomic mass is 16.3. The van der Waals surface area contributed by atoms with Crippen molar-refractivity contribution >= 4 is 0 Å². The lowest BCUT2D eigenvalue weighted by molar-refractivity contribution is 0.0338. The van der Waals surface area contributed by atoms with Crippen LogP contribution >= 0.6 is 0 Å². The van der Waals surface area contributed by atoms with E-state index in [1.165, 1.54) is 56.9 Å². The third kappa shape index (κ3) is 4.97. The molecule has 0 aromatic heterocycles. The zero-order chi connectivity index (χ0) is 23.0. The highest BCUT2D eigenvalue weighted by Crippen LogP contribution is 2.67. The molecule has 3 rings (SSSR count). The molecule has 0 aliphatic heterocycles. The molecule has 0 bridgehead atoms. The van der Waals surface area contributed by atoms with Gasteiger partial charge in [-0.1, -0.05) is 85.3 Å². The molecule has 3 saturated carbocycles. The van der Waals surface area contributed by atoms with Crippen LogP contribution < -0.4 is 0 Å². The van der Waals surface area contributed by atoms with Crippen LogP contribution in [-0.2, 0) is 0 Å². The van der Waals surface area contributed by atoms with Crippen molar-refractivity contribution < 1.29 is 5.11 Å². The van der Waals surface area contributed by atoms with Crippen LogP contribution in [0.4, 0.5) is 0 Å². The molecule has 0 unspecified atom stereocenters. The van der Waals surface area contributed by atoms with Gasteiger partial charge in [-0.15, -0.1) is 0 Å². The van der Waals surface area contributed by atoms with Crippen LogP contribution in [0.15, 0.2) is 47.6 Å². The maximum absolute atomic E-state index is 10.3. The molecule has 0 heterocycles. The van der Waals surface area contributed by atoms with Gasteiger partial charge in [0.1, 0.15) is 0 Å². The molecule has 1 nitrogen and oxygen atoms in total. The second-order valence-electron chi connectivity index (χ2n) is 12.7. The third-order valence-corrected chi connectivity index (χ3v) is 9.42. The predicted octanol–water partition coefficient (Wildman–Crippen LogP) is 8.57. The van der Waals surface area contributed by atoms with Crippen LogP contribution in [0.1, 0.15) is 106 Å². The van der Waals surface area contributed by atoms with Crippen LogP contribution in [0.5, 0.6) is 0 Å². The highest BCUT2D eigenvalue weighted by Gasteiger charge is 2.57. The molecule has 5 atom stereocenters. The molecule has 0 radical (unpaired) electrons. The molecule has 1 heteroatoms. The fourth-order valence-corrected chi connectivity index (χ4v) is 7.09. The molecular formula is C30H48O. The topological polar surface area (TPSA) is 20.2 Å². The minimum Gasteiger partial charge on any atom is -0.388 e. The predicted molar refractivity (Wildman–Crippen MR) is 135 cm³/mol. The van der Waals surface area contributed by atoms with Gasteiger partial charge in [0.25, 0.3) is 0 Å². The van der Waals surface area contributed by atoms with Gasteiger partial charge in [0.2, 0.25) is 0 Å². The second kappa shape index (κ2) is 9.05. The van der Waals surface area contributed by atoms with E-state index in [-0.39, 0.29) is 0 Å². The molecule has 31 heavy (non-hydrogen) atoms. The molecule has 0 saturated heterocycles. The SMILES string of the molecule is C=C1CC(=C)[C@H](O)C/C1=C/C=C1\CCC[C@]2(C)[C@@H]([C@H](C)CCCC(C)(C)C)CC[C@@]12C. The molecule has 3 aliphatic rings. The Labute approximate surface area is 192 Å². The quantitative estimate of drug-likeness (QED) is 0.438. The molecule has 0 aromatic rings. The zero-order valence-corrected chi connectivity index (χ0v) is 21.3. The Morgan fingerprint density at radius 2 is 1.87 bits per heavy atom. The second-order valence-corrected chi connectivity index (χ2v) is 12.7. The van der Waals surface area contributed by atoms with Gasteiger partial charge >= 0.3 is 0 Å². The summed E-state index contributed by atoms with van der Waals surface area (Å²) in [5, 5.41) is 10.3. The summed E-state index contributed by atoms with van der Waals surface area (Å²) in [7, 11) is 0. The lowest BCUT2D eigenvalue weighted by Gasteiger charge is -2.51. The average Bonchev–Trinajstić information content (AvgIpc) is 2.94. The summed E-state index contributed by atoms with van der Waals surface area (Å²) in [4.78, 5) is 0. The summed E-state index contributed by atoms with van der Waals surface area (Å²) in [6.45, 7) is 23.1. The minimum absolute atomic E-state index is 0.309. The summed E-state index contributed by atoms with van der Waals surface area (Å²) >= 11 is 0. The number of allylic oxidation sites excluding steroid dienone is 4. The van der Waals surface area contributed by atoms with Crippen LogP contribution in [0, 0.1) is 28.1 Å². The van der Waals surface area contributed by atoms with Crippen LogP contribution in [0.3, 0.4) is 0 Å². The Hall–Kier alpha value is -1.08. The van der Waals surface area contributed by atoms with Crippen molar-refractivity contribution in [2.45, 2.75) is 112 Å². The number of aliphatic hydroxyl groups excluding tert-OH is 1. The van der Waals surface area contributed by atoms with Crippen LogP contribution in [0.2, 0.25) is 0 Å². The number of fused-ring (bicyclic) bond motifs is 1. The van der Waals surface area contributed by atoms with Gasteiger partial charge in [-0.25, -0.2) is 0 Å². The van der Waals surface area contributed by atoms with Crippen molar-refractivity contribution in [3.8, 4) is 0 Å². The van der Waals surface area contributed by atoms with E-state index in [4.69, 9.17) is 0 Å². The van der Waals surface area contributed by atoms with Gasteiger partial charge in [-0.2, -0.15) is 0 Å². The molecule has 1 N–H and O–H groups in total. The summed E-state index contributed by atoms with van der Waals surface area (Å²) in [6.07, 6.45) is 16.4. The van der Waals surface area contributed by atoms with E-state index < -0.39 is 6.10 Å². The number of rotatable bonds is 5. The van der Waals surface area contributed by atoms with Gasteiger partial charge in [0.05, 0.1) is 6.10 Å². The maximum atomic E-state index is 10.3. The van der Waals surface area contributed by atoms with Gasteiger partial charge < -0.3 is 5.11 Å². The molecule has 0 amide bonds. The lowest BCUT2D eigenvalue weighted by Crippen LogP contribution is -2.43. The third-order valence-electron chi connectivity index (χ3n) is 9.42. The minimum atomic E-state index is -0.410. The van der Waals surface area contributed by atoms with Crippen molar-refractivity contribution in [2.75, 3.05) is 0 Å². The highest BCUT2D eigenvalue weighted by molar-refractivity contribution is 5.42. The van der Waals surface area contributed by atoms with Crippen LogP contribution in [-0.4, -0.2) is 11.2 Å². The first-order valence-corrected chi connectivity index (χ1v) is 12.8. The van der Waals surface area contributed by atoms with Crippen molar-refractivity contribution in [3.63, 3.8) is 0 Å². The van der Waals surface area contributed by atoms with Crippen molar-refractivity contribution in [3.05, 3.63) is 47.6 Å². The number of hydrogen-bond acceptors (Lipinski definition) is 1. The number of aliphatic hydroxyl groups is 1. The van der Waals surface area contributed by atoms with E-state index in [9.17, 15) is 5.11 Å². The van der Waals surface area contributed by atoms with E-state index in [1.54, 1.807) is 5.57 Å². The standard InChI is InChI=1S/C30H48O/c1-21(11-9-16-28(4,5)6)26-15-18-29(7)25(12-10-17-30(26,29)8)14-13-24-20-27(31)23(3)19-22(24)2/h13-14,21,26-27,31H,2-3,9-12,15-20H2,1,4-8H3/b24-13-,25-14+/t21-,26-,27-,29+,30-/m1/s1. The summed E-state index contributed by atoms with van der Waals surface area (Å²) < 4.78 is 0. The van der Waals surface area contributed by atoms with Crippen molar-refractivity contribution in [2.24, 2.45) is 28.1 Å². The van der Waals surface area contributed by atoms with Crippen LogP contribution in [0.25, 0.3) is 0 Å². The number of hydrogen-bond donors (Lipinski definition) is 1. The monoisotopic (exact) mass is 424 g/mol. The van der Waals surface area contributed by atoms with E-state index in [0.29, 0.717) is 22.7 Å². The Balaban J connectivity index is 1.77. The van der Waals surface area contributed by atoms with Gasteiger partial charge in [0, 0.05) is 6.42 Å². The smallest absolute Gasteiger partial charge is 0.0791 e. The van der Waals surface area contributed by atoms with Crippen molar-refractivity contribution in [1.29, 1.82) is 0 Å². The largest absolute Gasteiger partial charge is 0.388 e. The van der Waals surface area contributed by atoms with Crippen molar-refractivity contribution in [1.82, 2.24) is 0 Å². The molecule has 0 spiro atoms. The molecule has 3 aliphatic carbocycles. The molecule has 174 valence electrons. The summed E-state index contributed by atoms with van der Waals surface area (Å²) in [5.74, 6) is 1.65. The van der Waals surface area contributed by atoms with E-state index in [1.807, 2.05) is 0 Å². The van der Waals surface area contributed by atoms with Gasteiger partial charge in [0.15, 0.2) is 0 Å². The maximum Gasteiger partial charge on any atom is 0.0791 e. The first kappa shape index (κ1) is 24.6. The summed E-state index contributed by atoms with van der Waals surface area (Å²) in [5.41, 5.74) is 6.07. The Bertz CT molecular complexity index is 760. The lowest BCUT2D eigenvalue weighted by atomic mass is 9.53. The van der Waals surface area contributed by atoms with E-state index >= 15 is 0 Å². The molecular weight excluding hydrogens is 376 g/mol. The van der Waals surface area contributed by atoms with Gasteiger partial charge in [-0.3, -0.25) is 0 Å². The Kier molecular flexibility index (Phi) is 7.17. The van der Waals surface area contributed by atoms with E-state index in [2.05, 4.69) is 66.9 Å². The summed E-state index contributed by atoms with van der Waals surface area (Å²) in [6, 6.07) is 0. The molecule has 3 fully saturated rings. The average molecular weight is 425 g/mol. The van der Waals surface area contributed by atoms with E-state index in [0.717, 1.165) is 29.4 Å². The Morgan fingerprint density at radius 3 is 2.55 bits per heavy atom.